The molecule has 0 spiro atoms. The fourth-order valence-electron chi connectivity index (χ4n) is 3.07. The lowest BCUT2D eigenvalue weighted by atomic mass is 9.98. The Labute approximate surface area is 159 Å². The van der Waals surface area contributed by atoms with Crippen molar-refractivity contribution in [1.82, 2.24) is 0 Å². The minimum Gasteiger partial charge on any atom is -0.387 e. The maximum absolute atomic E-state index is 11.8. The molecule has 0 amide bonds. The largest absolute Gasteiger partial charge is 0.387 e. The van der Waals surface area contributed by atoms with E-state index in [9.17, 15) is 24.9 Å². The van der Waals surface area contributed by atoms with E-state index in [-0.39, 0.29) is 6.42 Å². The van der Waals surface area contributed by atoms with Gasteiger partial charge in [0.2, 0.25) is 0 Å². The Morgan fingerprint density at radius 2 is 1.04 bits per heavy atom. The summed E-state index contributed by atoms with van der Waals surface area (Å²) in [5.74, 6) is -1.17. The van der Waals surface area contributed by atoms with Crippen molar-refractivity contribution < 1.29 is 24.9 Å². The molecule has 0 aliphatic heterocycles. The number of aliphatic hydroxyl groups excluding tert-OH is 3. The molecule has 0 aliphatic rings. The third kappa shape index (κ3) is 12.6. The highest BCUT2D eigenvalue weighted by molar-refractivity contribution is 5.86. The van der Waals surface area contributed by atoms with Gasteiger partial charge in [0, 0.05) is 6.42 Å². The molecular weight excluding hydrogens is 332 g/mol. The van der Waals surface area contributed by atoms with Crippen LogP contribution in [-0.2, 0) is 9.59 Å². The lowest BCUT2D eigenvalue weighted by Gasteiger charge is -2.20. The van der Waals surface area contributed by atoms with E-state index in [1.807, 2.05) is 0 Å². The van der Waals surface area contributed by atoms with Gasteiger partial charge < -0.3 is 15.3 Å². The fourth-order valence-corrected chi connectivity index (χ4v) is 3.07. The number of hydrogen-bond acceptors (Lipinski definition) is 5. The van der Waals surface area contributed by atoms with E-state index in [0.29, 0.717) is 6.42 Å². The summed E-state index contributed by atoms with van der Waals surface area (Å²) in [5, 5.41) is 28.7. The van der Waals surface area contributed by atoms with Crippen LogP contribution >= 0.6 is 0 Å². The molecule has 26 heavy (non-hydrogen) atoms. The van der Waals surface area contributed by atoms with Crippen LogP contribution in [0.1, 0.15) is 104 Å². The molecule has 0 saturated heterocycles. The molecule has 3 atom stereocenters. The van der Waals surface area contributed by atoms with Crippen molar-refractivity contribution in [3.63, 3.8) is 0 Å². The number of unbranched alkanes of at least 4 members (excludes halogenated alkanes) is 12. The Kier molecular flexibility index (Phi) is 15.9. The van der Waals surface area contributed by atoms with Gasteiger partial charge in [0.25, 0.3) is 0 Å². The summed E-state index contributed by atoms with van der Waals surface area (Å²) >= 11 is 0. The van der Waals surface area contributed by atoms with Crippen LogP contribution in [0, 0.1) is 0 Å². The summed E-state index contributed by atoms with van der Waals surface area (Å²) < 4.78 is 0. The molecule has 154 valence electrons. The summed E-state index contributed by atoms with van der Waals surface area (Å²) in [7, 11) is 0. The first-order valence-corrected chi connectivity index (χ1v) is 10.5. The topological polar surface area (TPSA) is 94.8 Å². The molecule has 0 aromatic carbocycles. The van der Waals surface area contributed by atoms with Gasteiger partial charge in [0.05, 0.1) is 0 Å². The van der Waals surface area contributed by atoms with Gasteiger partial charge in [0.15, 0.2) is 11.6 Å². The van der Waals surface area contributed by atoms with Gasteiger partial charge in [0.1, 0.15) is 18.3 Å². The van der Waals surface area contributed by atoms with Gasteiger partial charge in [-0.2, -0.15) is 0 Å². The minimum atomic E-state index is -1.73. The number of ketones is 2. The predicted octanol–water partition coefficient (Wildman–Crippen LogP) is 3.71. The smallest absolute Gasteiger partial charge is 0.164 e. The molecule has 0 bridgehead atoms. The Balaban J connectivity index is 3.52. The molecule has 0 heterocycles. The molecular formula is C21H40O5. The standard InChI is InChI=1S/C21H40O5/c1-3-4-5-6-7-8-9-10-11-12-13-14-15-16-18(23)20(25)21(26)19(24)17(2)22/h19-21,24-26H,3-16H2,1-2H3/t19?,20-,21?/m0/s1. The van der Waals surface area contributed by atoms with E-state index in [0.717, 1.165) is 26.2 Å². The van der Waals surface area contributed by atoms with E-state index in [2.05, 4.69) is 6.92 Å². The number of carbonyl (C=O) groups excluding carboxylic acids is 2. The van der Waals surface area contributed by atoms with Crippen LogP contribution in [0.4, 0.5) is 0 Å². The molecule has 0 fully saturated rings. The van der Waals surface area contributed by atoms with Gasteiger partial charge in [-0.15, -0.1) is 0 Å². The number of Topliss-reactive ketones (excluding diaryl/α,β-unsaturated/α-hetero) is 2. The first-order chi connectivity index (χ1) is 12.4. The van der Waals surface area contributed by atoms with Gasteiger partial charge in [-0.3, -0.25) is 9.59 Å². The summed E-state index contributed by atoms with van der Waals surface area (Å²) in [6.45, 7) is 3.35. The molecule has 0 radical (unpaired) electrons. The Bertz CT molecular complexity index is 369. The fraction of sp³-hybridized carbons (Fsp3) is 0.905. The second-order valence-corrected chi connectivity index (χ2v) is 7.45. The van der Waals surface area contributed by atoms with Crippen molar-refractivity contribution in [3.05, 3.63) is 0 Å². The number of rotatable bonds is 18. The third-order valence-corrected chi connectivity index (χ3v) is 4.92. The minimum absolute atomic E-state index is 0.167. The summed E-state index contributed by atoms with van der Waals surface area (Å²) in [4.78, 5) is 22.7. The zero-order valence-corrected chi connectivity index (χ0v) is 16.8. The first kappa shape index (κ1) is 25.2. The van der Waals surface area contributed by atoms with Crippen LogP contribution in [0.15, 0.2) is 0 Å². The third-order valence-electron chi connectivity index (χ3n) is 4.92. The van der Waals surface area contributed by atoms with E-state index >= 15 is 0 Å². The summed E-state index contributed by atoms with van der Waals surface area (Å²) in [5.41, 5.74) is 0. The van der Waals surface area contributed by atoms with Crippen LogP contribution in [0.5, 0.6) is 0 Å². The van der Waals surface area contributed by atoms with Gasteiger partial charge in [-0.25, -0.2) is 0 Å². The molecule has 0 aliphatic carbocycles. The van der Waals surface area contributed by atoms with Crippen LogP contribution in [0.2, 0.25) is 0 Å². The van der Waals surface area contributed by atoms with E-state index < -0.39 is 29.9 Å². The van der Waals surface area contributed by atoms with Crippen molar-refractivity contribution >= 4 is 11.6 Å². The van der Waals surface area contributed by atoms with E-state index in [1.165, 1.54) is 57.8 Å². The number of hydrogen-bond donors (Lipinski definition) is 3. The van der Waals surface area contributed by atoms with Crippen LogP contribution in [-0.4, -0.2) is 45.2 Å². The lowest BCUT2D eigenvalue weighted by molar-refractivity contribution is -0.145. The van der Waals surface area contributed by atoms with E-state index in [1.54, 1.807) is 0 Å². The maximum atomic E-state index is 11.8. The van der Waals surface area contributed by atoms with Gasteiger partial charge in [-0.1, -0.05) is 84.0 Å². The van der Waals surface area contributed by atoms with E-state index in [4.69, 9.17) is 0 Å². The van der Waals surface area contributed by atoms with Crippen molar-refractivity contribution in [3.8, 4) is 0 Å². The van der Waals surface area contributed by atoms with Crippen molar-refractivity contribution in [2.75, 3.05) is 0 Å². The Morgan fingerprint density at radius 3 is 1.42 bits per heavy atom. The molecule has 0 aromatic rings. The van der Waals surface area contributed by atoms with Crippen molar-refractivity contribution in [2.24, 2.45) is 0 Å². The second-order valence-electron chi connectivity index (χ2n) is 7.45. The van der Waals surface area contributed by atoms with Crippen molar-refractivity contribution in [2.45, 2.75) is 122 Å². The highest BCUT2D eigenvalue weighted by Crippen LogP contribution is 2.14. The Morgan fingerprint density at radius 1 is 0.654 bits per heavy atom. The lowest BCUT2D eigenvalue weighted by Crippen LogP contribution is -2.45. The predicted molar refractivity (Wildman–Crippen MR) is 104 cm³/mol. The second kappa shape index (κ2) is 16.4. The quantitative estimate of drug-likeness (QED) is 0.319. The Hall–Kier alpha value is -0.780. The SMILES string of the molecule is CCCCCCCCCCCCCCCC(=O)[C@H](O)C(O)C(O)C(C)=O. The monoisotopic (exact) mass is 372 g/mol. The molecule has 0 aromatic heterocycles. The van der Waals surface area contributed by atoms with Crippen LogP contribution < -0.4 is 0 Å². The van der Waals surface area contributed by atoms with Crippen LogP contribution in [0.25, 0.3) is 0 Å². The van der Waals surface area contributed by atoms with Gasteiger partial charge >= 0.3 is 0 Å². The average Bonchev–Trinajstić information content (AvgIpc) is 2.63. The number of carbonyl (C=O) groups is 2. The summed E-state index contributed by atoms with van der Waals surface area (Å²) in [6.07, 6.45) is 10.8. The normalized spacial score (nSPS) is 14.8. The molecule has 3 N–H and O–H groups in total. The molecule has 0 rings (SSSR count). The molecule has 0 saturated carbocycles. The summed E-state index contributed by atoms with van der Waals surface area (Å²) in [6, 6.07) is 0. The zero-order valence-electron chi connectivity index (χ0n) is 16.8. The number of aliphatic hydroxyl groups is 3. The maximum Gasteiger partial charge on any atom is 0.164 e. The molecule has 2 unspecified atom stereocenters. The molecule has 5 heteroatoms. The van der Waals surface area contributed by atoms with Crippen molar-refractivity contribution in [1.29, 1.82) is 0 Å². The highest BCUT2D eigenvalue weighted by atomic mass is 16.4. The first-order valence-electron chi connectivity index (χ1n) is 10.5. The van der Waals surface area contributed by atoms with Gasteiger partial charge in [-0.05, 0) is 13.3 Å². The highest BCUT2D eigenvalue weighted by Gasteiger charge is 2.31. The zero-order chi connectivity index (χ0) is 19.8. The van der Waals surface area contributed by atoms with Crippen LogP contribution in [0.3, 0.4) is 0 Å². The average molecular weight is 373 g/mol. The molecule has 5 nitrogen and oxygen atoms in total.